The molecule has 1 aliphatic rings. The van der Waals surface area contributed by atoms with Gasteiger partial charge >= 0.3 is 0 Å². The van der Waals surface area contributed by atoms with Crippen molar-refractivity contribution < 1.29 is 4.79 Å². The minimum Gasteiger partial charge on any atom is -0.352 e. The van der Waals surface area contributed by atoms with Gasteiger partial charge in [-0.2, -0.15) is 0 Å². The predicted octanol–water partition coefficient (Wildman–Crippen LogP) is 2.89. The maximum Gasteiger partial charge on any atom is 0.223 e. The van der Waals surface area contributed by atoms with Crippen LogP contribution in [0.2, 0.25) is 0 Å². The van der Waals surface area contributed by atoms with Gasteiger partial charge in [-0.05, 0) is 30.2 Å². The Morgan fingerprint density at radius 1 is 1.33 bits per heavy atom. The quantitative estimate of drug-likeness (QED) is 0.875. The van der Waals surface area contributed by atoms with Crippen molar-refractivity contribution in [2.24, 2.45) is 17.1 Å². The van der Waals surface area contributed by atoms with E-state index >= 15 is 0 Å². The largest absolute Gasteiger partial charge is 0.352 e. The van der Waals surface area contributed by atoms with E-state index in [-0.39, 0.29) is 23.3 Å². The van der Waals surface area contributed by atoms with E-state index in [2.05, 4.69) is 31.3 Å². The van der Waals surface area contributed by atoms with E-state index in [1.807, 2.05) is 18.2 Å². The lowest BCUT2D eigenvalue weighted by Gasteiger charge is -2.38. The molecule has 2 rings (SSSR count). The third kappa shape index (κ3) is 4.31. The van der Waals surface area contributed by atoms with Crippen LogP contribution in [0, 0.1) is 11.3 Å². The van der Waals surface area contributed by atoms with Crippen LogP contribution >= 0.6 is 0 Å². The molecule has 0 aromatic heterocycles. The fourth-order valence-corrected chi connectivity index (χ4v) is 3.37. The van der Waals surface area contributed by atoms with Crippen LogP contribution in [0.4, 0.5) is 0 Å². The zero-order chi connectivity index (χ0) is 15.3. The minimum atomic E-state index is 0.0256. The molecule has 116 valence electrons. The van der Waals surface area contributed by atoms with Gasteiger partial charge in [0.15, 0.2) is 0 Å². The summed E-state index contributed by atoms with van der Waals surface area (Å²) in [4.78, 5) is 12.6. The summed E-state index contributed by atoms with van der Waals surface area (Å²) in [7, 11) is 0. The molecule has 2 unspecified atom stereocenters. The highest BCUT2D eigenvalue weighted by Gasteiger charge is 2.37. The molecule has 1 fully saturated rings. The number of hydrogen-bond acceptors (Lipinski definition) is 2. The van der Waals surface area contributed by atoms with Crippen LogP contribution in [0.5, 0.6) is 0 Å². The molecule has 3 heteroatoms. The molecule has 1 aromatic carbocycles. The van der Waals surface area contributed by atoms with Gasteiger partial charge < -0.3 is 11.1 Å². The van der Waals surface area contributed by atoms with Crippen LogP contribution in [0.25, 0.3) is 0 Å². The molecule has 3 nitrogen and oxygen atoms in total. The first-order chi connectivity index (χ1) is 10.0. The van der Waals surface area contributed by atoms with Crippen LogP contribution < -0.4 is 11.1 Å². The second kappa shape index (κ2) is 7.08. The molecule has 3 N–H and O–H groups in total. The van der Waals surface area contributed by atoms with Crippen LogP contribution in [-0.2, 0) is 11.2 Å². The maximum atomic E-state index is 12.6. The van der Waals surface area contributed by atoms with Gasteiger partial charge in [0.2, 0.25) is 5.91 Å². The van der Waals surface area contributed by atoms with E-state index in [4.69, 9.17) is 5.73 Å². The summed E-state index contributed by atoms with van der Waals surface area (Å²) in [6.45, 7) is 4.91. The highest BCUT2D eigenvalue weighted by Crippen LogP contribution is 2.40. The number of nitrogens with two attached hydrogens (primary N) is 1. The van der Waals surface area contributed by atoms with Crippen LogP contribution in [0.15, 0.2) is 30.3 Å². The number of carbonyl (C=O) groups excluding carboxylic acids is 1. The van der Waals surface area contributed by atoms with Gasteiger partial charge in [-0.25, -0.2) is 0 Å². The second-order valence-electron chi connectivity index (χ2n) is 6.92. The SMILES string of the molecule is CC1(C)CCCCC1C(=O)NC(CN)Cc1ccccc1. The van der Waals surface area contributed by atoms with Crippen LogP contribution in [0.3, 0.4) is 0 Å². The molecule has 2 atom stereocenters. The first-order valence-electron chi connectivity index (χ1n) is 8.07. The molecule has 1 amide bonds. The first kappa shape index (κ1) is 16.0. The highest BCUT2D eigenvalue weighted by atomic mass is 16.2. The fraction of sp³-hybridized carbons (Fsp3) is 0.611. The van der Waals surface area contributed by atoms with Gasteiger partial charge in [0.1, 0.15) is 0 Å². The van der Waals surface area contributed by atoms with Crippen molar-refractivity contribution in [2.75, 3.05) is 6.54 Å². The summed E-state index contributed by atoms with van der Waals surface area (Å²) in [5.74, 6) is 0.308. The van der Waals surface area contributed by atoms with Crippen molar-refractivity contribution in [1.82, 2.24) is 5.32 Å². The van der Waals surface area contributed by atoms with E-state index in [0.717, 1.165) is 25.7 Å². The normalized spacial score (nSPS) is 22.5. The van der Waals surface area contributed by atoms with E-state index < -0.39 is 0 Å². The maximum absolute atomic E-state index is 12.6. The number of carbonyl (C=O) groups is 1. The number of amides is 1. The molecule has 0 radical (unpaired) electrons. The molecule has 1 aliphatic carbocycles. The monoisotopic (exact) mass is 288 g/mol. The van der Waals surface area contributed by atoms with Gasteiger partial charge in [-0.1, -0.05) is 57.0 Å². The van der Waals surface area contributed by atoms with Crippen molar-refractivity contribution in [3.05, 3.63) is 35.9 Å². The molecular formula is C18H28N2O. The summed E-state index contributed by atoms with van der Waals surface area (Å²) >= 11 is 0. The van der Waals surface area contributed by atoms with E-state index in [0.29, 0.717) is 6.54 Å². The molecule has 0 saturated heterocycles. The van der Waals surface area contributed by atoms with Gasteiger partial charge in [-0.15, -0.1) is 0 Å². The zero-order valence-corrected chi connectivity index (χ0v) is 13.3. The molecule has 0 spiro atoms. The van der Waals surface area contributed by atoms with Crippen molar-refractivity contribution in [3.8, 4) is 0 Å². The van der Waals surface area contributed by atoms with E-state index in [9.17, 15) is 4.79 Å². The molecular weight excluding hydrogens is 260 g/mol. The Balaban J connectivity index is 1.96. The second-order valence-corrected chi connectivity index (χ2v) is 6.92. The average molecular weight is 288 g/mol. The summed E-state index contributed by atoms with van der Waals surface area (Å²) in [5.41, 5.74) is 7.18. The average Bonchev–Trinajstić information content (AvgIpc) is 2.47. The Bertz CT molecular complexity index is 456. The van der Waals surface area contributed by atoms with Gasteiger partial charge in [-0.3, -0.25) is 4.79 Å². The van der Waals surface area contributed by atoms with Gasteiger partial charge in [0.25, 0.3) is 0 Å². The Hall–Kier alpha value is -1.35. The number of benzene rings is 1. The van der Waals surface area contributed by atoms with Crippen LogP contribution in [0.1, 0.15) is 45.1 Å². The highest BCUT2D eigenvalue weighted by molar-refractivity contribution is 5.79. The van der Waals surface area contributed by atoms with Crippen molar-refractivity contribution >= 4 is 5.91 Å². The Morgan fingerprint density at radius 3 is 2.67 bits per heavy atom. The van der Waals surface area contributed by atoms with Gasteiger partial charge in [0.05, 0.1) is 0 Å². The third-order valence-corrected chi connectivity index (χ3v) is 4.78. The lowest BCUT2D eigenvalue weighted by molar-refractivity contribution is -0.130. The smallest absolute Gasteiger partial charge is 0.223 e. The standard InChI is InChI=1S/C18H28N2O/c1-18(2)11-7-6-10-16(18)17(21)20-15(13-19)12-14-8-4-3-5-9-14/h3-5,8-9,15-16H,6-7,10-13,19H2,1-2H3,(H,20,21). The number of hydrogen-bond donors (Lipinski definition) is 2. The lowest BCUT2D eigenvalue weighted by atomic mass is 9.68. The summed E-state index contributed by atoms with van der Waals surface area (Å²) < 4.78 is 0. The molecule has 1 aromatic rings. The number of nitrogens with one attached hydrogen (secondary N) is 1. The van der Waals surface area contributed by atoms with Crippen LogP contribution in [-0.4, -0.2) is 18.5 Å². The number of rotatable bonds is 5. The molecule has 21 heavy (non-hydrogen) atoms. The summed E-state index contributed by atoms with van der Waals surface area (Å²) in [6, 6.07) is 10.2. The summed E-state index contributed by atoms with van der Waals surface area (Å²) in [6.07, 6.45) is 5.34. The third-order valence-electron chi connectivity index (χ3n) is 4.78. The Labute approximate surface area is 128 Å². The lowest BCUT2D eigenvalue weighted by Crippen LogP contribution is -2.48. The fourth-order valence-electron chi connectivity index (χ4n) is 3.37. The summed E-state index contributed by atoms with van der Waals surface area (Å²) in [5, 5.41) is 3.18. The van der Waals surface area contributed by atoms with Crippen molar-refractivity contribution in [1.29, 1.82) is 0 Å². The van der Waals surface area contributed by atoms with Gasteiger partial charge in [0, 0.05) is 18.5 Å². The molecule has 0 heterocycles. The minimum absolute atomic E-state index is 0.0256. The topological polar surface area (TPSA) is 55.1 Å². The van der Waals surface area contributed by atoms with Crippen molar-refractivity contribution in [3.63, 3.8) is 0 Å². The van der Waals surface area contributed by atoms with Crippen molar-refractivity contribution in [2.45, 2.75) is 52.0 Å². The molecule has 1 saturated carbocycles. The predicted molar refractivity (Wildman–Crippen MR) is 86.9 cm³/mol. The van der Waals surface area contributed by atoms with E-state index in [1.54, 1.807) is 0 Å². The molecule has 0 aliphatic heterocycles. The molecule has 0 bridgehead atoms. The van der Waals surface area contributed by atoms with E-state index in [1.165, 1.54) is 12.0 Å². The Kier molecular flexibility index (Phi) is 5.40. The first-order valence-corrected chi connectivity index (χ1v) is 8.07. The Morgan fingerprint density at radius 2 is 2.05 bits per heavy atom. The zero-order valence-electron chi connectivity index (χ0n) is 13.3.